The topological polar surface area (TPSA) is 77.3 Å². The molecule has 0 saturated carbocycles. The lowest BCUT2D eigenvalue weighted by Crippen LogP contribution is -2.07. The highest BCUT2D eigenvalue weighted by Crippen LogP contribution is 2.26. The van der Waals surface area contributed by atoms with Crippen molar-refractivity contribution in [2.24, 2.45) is 0 Å². The van der Waals surface area contributed by atoms with Gasteiger partial charge in [0.1, 0.15) is 0 Å². The number of nitrogens with zero attached hydrogens (tertiary/aromatic N) is 1. The Hall–Kier alpha value is -1.92. The average molecular weight is 312 g/mol. The smallest absolute Gasteiger partial charge is 0.258 e. The van der Waals surface area contributed by atoms with Gasteiger partial charge in [0.2, 0.25) is 0 Å². The zero-order chi connectivity index (χ0) is 14.8. The molecule has 0 heterocycles. The second kappa shape index (κ2) is 5.60. The van der Waals surface area contributed by atoms with Crippen LogP contribution in [0.2, 0.25) is 5.02 Å². The van der Waals surface area contributed by atoms with Crippen molar-refractivity contribution in [2.75, 3.05) is 0 Å². The predicted octanol–water partition coefficient (Wildman–Crippen LogP) is 3.22. The van der Waals surface area contributed by atoms with E-state index in [1.165, 1.54) is 30.3 Å². The van der Waals surface area contributed by atoms with Gasteiger partial charge in [0.05, 0.1) is 15.6 Å². The molecule has 2 aromatic rings. The molecular weight excluding hydrogens is 302 g/mol. The van der Waals surface area contributed by atoms with Crippen LogP contribution in [0.5, 0.6) is 0 Å². The largest absolute Gasteiger partial charge is 0.273 e. The molecule has 2 rings (SSSR count). The third-order valence-corrected chi connectivity index (χ3v) is 4.60. The van der Waals surface area contributed by atoms with Crippen LogP contribution < -0.4 is 0 Å². The molecule has 20 heavy (non-hydrogen) atoms. The zero-order valence-electron chi connectivity index (χ0n) is 10.2. The van der Waals surface area contributed by atoms with E-state index in [1.54, 1.807) is 18.2 Å². The van der Waals surface area contributed by atoms with Crippen molar-refractivity contribution in [3.63, 3.8) is 0 Å². The van der Waals surface area contributed by atoms with E-state index in [-0.39, 0.29) is 21.2 Å². The zero-order valence-corrected chi connectivity index (χ0v) is 11.8. The van der Waals surface area contributed by atoms with E-state index in [0.717, 1.165) is 0 Å². The number of hydrogen-bond acceptors (Lipinski definition) is 4. The summed E-state index contributed by atoms with van der Waals surface area (Å²) in [4.78, 5) is 10.4. The van der Waals surface area contributed by atoms with Gasteiger partial charge in [-0.25, -0.2) is 8.42 Å². The van der Waals surface area contributed by atoms with Crippen LogP contribution in [0.1, 0.15) is 5.56 Å². The van der Waals surface area contributed by atoms with Gasteiger partial charge in [-0.3, -0.25) is 10.1 Å². The lowest BCUT2D eigenvalue weighted by Gasteiger charge is -2.06. The van der Waals surface area contributed by atoms with Gasteiger partial charge in [-0.15, -0.1) is 0 Å². The summed E-state index contributed by atoms with van der Waals surface area (Å²) in [5.41, 5.74) is -0.180. The van der Waals surface area contributed by atoms with Crippen molar-refractivity contribution < 1.29 is 13.3 Å². The Kier molecular flexibility index (Phi) is 4.06. The number of nitro benzene ring substituents is 1. The van der Waals surface area contributed by atoms with Crippen molar-refractivity contribution in [2.45, 2.75) is 10.6 Å². The molecule has 0 spiro atoms. The molecule has 0 aliphatic rings. The Morgan fingerprint density at radius 3 is 2.35 bits per heavy atom. The number of nitro groups is 1. The number of sulfone groups is 1. The molecule has 0 fully saturated rings. The van der Waals surface area contributed by atoms with Gasteiger partial charge in [0.15, 0.2) is 9.84 Å². The van der Waals surface area contributed by atoms with E-state index in [0.29, 0.717) is 0 Å². The van der Waals surface area contributed by atoms with Crippen molar-refractivity contribution in [1.29, 1.82) is 0 Å². The fourth-order valence-electron chi connectivity index (χ4n) is 1.76. The summed E-state index contributed by atoms with van der Waals surface area (Å²) >= 11 is 5.78. The number of rotatable bonds is 4. The highest BCUT2D eigenvalue weighted by molar-refractivity contribution is 7.90. The molecular formula is C13H10ClNO4S. The molecule has 0 radical (unpaired) electrons. The minimum absolute atomic E-state index is 0.0753. The molecule has 0 atom stereocenters. The molecule has 0 N–H and O–H groups in total. The molecule has 7 heteroatoms. The minimum Gasteiger partial charge on any atom is -0.258 e. The van der Waals surface area contributed by atoms with E-state index in [2.05, 4.69) is 0 Å². The van der Waals surface area contributed by atoms with Gasteiger partial charge in [-0.1, -0.05) is 29.8 Å². The molecule has 0 aromatic heterocycles. The van der Waals surface area contributed by atoms with Crippen LogP contribution >= 0.6 is 11.6 Å². The van der Waals surface area contributed by atoms with Crippen molar-refractivity contribution in [3.8, 4) is 0 Å². The Labute approximate surface area is 120 Å². The normalized spacial score (nSPS) is 11.2. The maximum Gasteiger partial charge on any atom is 0.273 e. The van der Waals surface area contributed by atoms with Gasteiger partial charge >= 0.3 is 0 Å². The summed E-state index contributed by atoms with van der Waals surface area (Å²) in [6, 6.07) is 11.7. The summed E-state index contributed by atoms with van der Waals surface area (Å²) < 4.78 is 24.4. The first-order chi connectivity index (χ1) is 9.40. The molecule has 2 aromatic carbocycles. The summed E-state index contributed by atoms with van der Waals surface area (Å²) in [5.74, 6) is -0.464. The number of hydrogen-bond donors (Lipinski definition) is 0. The lowest BCUT2D eigenvalue weighted by molar-refractivity contribution is -0.385. The summed E-state index contributed by atoms with van der Waals surface area (Å²) in [5, 5.41) is 11.2. The third-order valence-electron chi connectivity index (χ3n) is 2.69. The van der Waals surface area contributed by atoms with Gasteiger partial charge in [-0.2, -0.15) is 0 Å². The first-order valence-corrected chi connectivity index (χ1v) is 7.64. The van der Waals surface area contributed by atoms with Crippen LogP contribution in [0.4, 0.5) is 5.69 Å². The third kappa shape index (κ3) is 3.15. The minimum atomic E-state index is -3.65. The second-order valence-corrected chi connectivity index (χ2v) is 6.53. The number of benzene rings is 2. The van der Waals surface area contributed by atoms with E-state index in [4.69, 9.17) is 11.6 Å². The standard InChI is InChI=1S/C13H10ClNO4S/c14-11-6-7-13(15(16)17)10(8-11)9-20(18,19)12-4-2-1-3-5-12/h1-8H,9H2. The number of halogens is 1. The van der Waals surface area contributed by atoms with Crippen LogP contribution in [-0.2, 0) is 15.6 Å². The van der Waals surface area contributed by atoms with Gasteiger partial charge < -0.3 is 0 Å². The molecule has 0 saturated heterocycles. The van der Waals surface area contributed by atoms with Crippen LogP contribution in [-0.4, -0.2) is 13.3 Å². The summed E-state index contributed by atoms with van der Waals surface area (Å²) in [6.45, 7) is 0. The molecule has 0 aliphatic heterocycles. The highest BCUT2D eigenvalue weighted by atomic mass is 35.5. The van der Waals surface area contributed by atoms with Crippen molar-refractivity contribution in [1.82, 2.24) is 0 Å². The summed E-state index contributed by atoms with van der Waals surface area (Å²) in [6.07, 6.45) is 0. The molecule has 0 bridgehead atoms. The highest BCUT2D eigenvalue weighted by Gasteiger charge is 2.22. The van der Waals surface area contributed by atoms with E-state index < -0.39 is 20.5 Å². The molecule has 0 aliphatic carbocycles. The Morgan fingerprint density at radius 1 is 1.10 bits per heavy atom. The molecule has 0 unspecified atom stereocenters. The quantitative estimate of drug-likeness (QED) is 0.641. The van der Waals surface area contributed by atoms with Crippen molar-refractivity contribution in [3.05, 3.63) is 69.2 Å². The average Bonchev–Trinajstić information content (AvgIpc) is 2.39. The first kappa shape index (κ1) is 14.5. The first-order valence-electron chi connectivity index (χ1n) is 5.61. The van der Waals surface area contributed by atoms with Crippen LogP contribution in [0.15, 0.2) is 53.4 Å². The van der Waals surface area contributed by atoms with E-state index >= 15 is 0 Å². The van der Waals surface area contributed by atoms with E-state index in [1.807, 2.05) is 0 Å². The maximum atomic E-state index is 12.2. The fraction of sp³-hybridized carbons (Fsp3) is 0.0769. The lowest BCUT2D eigenvalue weighted by atomic mass is 10.2. The van der Waals surface area contributed by atoms with Crippen LogP contribution in [0, 0.1) is 10.1 Å². The second-order valence-electron chi connectivity index (χ2n) is 4.10. The monoisotopic (exact) mass is 311 g/mol. The van der Waals surface area contributed by atoms with E-state index in [9.17, 15) is 18.5 Å². The molecule has 104 valence electrons. The SMILES string of the molecule is O=[N+]([O-])c1ccc(Cl)cc1CS(=O)(=O)c1ccccc1. The van der Waals surface area contributed by atoms with Crippen LogP contribution in [0.25, 0.3) is 0 Å². The Bertz CT molecular complexity index is 744. The van der Waals surface area contributed by atoms with Crippen LogP contribution in [0.3, 0.4) is 0 Å². The predicted molar refractivity (Wildman–Crippen MR) is 75.4 cm³/mol. The molecule has 0 amide bonds. The molecule has 5 nitrogen and oxygen atoms in total. The van der Waals surface area contributed by atoms with Crippen molar-refractivity contribution >= 4 is 27.1 Å². The summed E-state index contributed by atoms with van der Waals surface area (Å²) in [7, 11) is -3.65. The van der Waals surface area contributed by atoms with Gasteiger partial charge in [0.25, 0.3) is 5.69 Å². The van der Waals surface area contributed by atoms with Gasteiger partial charge in [-0.05, 0) is 24.3 Å². The van der Waals surface area contributed by atoms with Gasteiger partial charge in [0, 0.05) is 16.7 Å². The Morgan fingerprint density at radius 2 is 1.75 bits per heavy atom. The fourth-order valence-corrected chi connectivity index (χ4v) is 3.34. The Balaban J connectivity index is 2.44. The maximum absolute atomic E-state index is 12.2.